The van der Waals surface area contributed by atoms with Crippen LogP contribution in [0.3, 0.4) is 0 Å². The highest BCUT2D eigenvalue weighted by Crippen LogP contribution is 2.34. The van der Waals surface area contributed by atoms with E-state index in [9.17, 15) is 9.18 Å². The molecule has 0 spiro atoms. The smallest absolute Gasteiger partial charge is 0.274 e. The van der Waals surface area contributed by atoms with Gasteiger partial charge in [0.1, 0.15) is 16.7 Å². The van der Waals surface area contributed by atoms with Crippen molar-refractivity contribution in [2.45, 2.75) is 18.9 Å². The predicted molar refractivity (Wildman–Crippen MR) is 83.7 cm³/mol. The summed E-state index contributed by atoms with van der Waals surface area (Å²) in [6.07, 6.45) is 1.71. The van der Waals surface area contributed by atoms with Gasteiger partial charge in [0.15, 0.2) is 0 Å². The van der Waals surface area contributed by atoms with Crippen molar-refractivity contribution in [1.29, 1.82) is 0 Å². The Morgan fingerprint density at radius 2 is 1.91 bits per heavy atom. The van der Waals surface area contributed by atoms with Crippen LogP contribution >= 0.6 is 23.2 Å². The molecule has 0 aliphatic carbocycles. The fourth-order valence-corrected chi connectivity index (χ4v) is 3.08. The third-order valence-electron chi connectivity index (χ3n) is 3.78. The van der Waals surface area contributed by atoms with Crippen molar-refractivity contribution in [3.63, 3.8) is 0 Å². The van der Waals surface area contributed by atoms with E-state index in [0.717, 1.165) is 18.4 Å². The first-order valence-corrected chi connectivity index (χ1v) is 7.70. The summed E-state index contributed by atoms with van der Waals surface area (Å²) in [6.45, 7) is 0.616. The molecule has 1 amide bonds. The summed E-state index contributed by atoms with van der Waals surface area (Å²) in [5.74, 6) is -0.543. The molecule has 0 N–H and O–H groups in total. The van der Waals surface area contributed by atoms with Crippen LogP contribution in [0.1, 0.15) is 34.9 Å². The SMILES string of the molecule is O=C(c1nc(Cl)ccc1Cl)N1CCCC1c1ccc(F)cc1. The van der Waals surface area contributed by atoms with Gasteiger partial charge in [0.05, 0.1) is 11.1 Å². The minimum absolute atomic E-state index is 0.0926. The third-order valence-corrected chi connectivity index (χ3v) is 4.30. The number of halogens is 3. The summed E-state index contributed by atoms with van der Waals surface area (Å²) in [6, 6.07) is 9.23. The van der Waals surface area contributed by atoms with Gasteiger partial charge in [-0.1, -0.05) is 35.3 Å². The quantitative estimate of drug-likeness (QED) is 0.755. The maximum Gasteiger partial charge on any atom is 0.274 e. The Balaban J connectivity index is 1.91. The number of pyridine rings is 1. The molecule has 6 heteroatoms. The van der Waals surface area contributed by atoms with Crippen LogP contribution in [0.2, 0.25) is 10.2 Å². The molecule has 22 heavy (non-hydrogen) atoms. The molecule has 1 aromatic carbocycles. The van der Waals surface area contributed by atoms with Crippen LogP contribution in [0.25, 0.3) is 0 Å². The Bertz CT molecular complexity index is 706. The van der Waals surface area contributed by atoms with Crippen LogP contribution in [0.5, 0.6) is 0 Å². The zero-order chi connectivity index (χ0) is 15.7. The molecule has 1 aliphatic heterocycles. The number of nitrogens with zero attached hydrogens (tertiary/aromatic N) is 2. The Morgan fingerprint density at radius 1 is 1.18 bits per heavy atom. The average molecular weight is 339 g/mol. The first-order chi connectivity index (χ1) is 10.6. The molecule has 0 bridgehead atoms. The lowest BCUT2D eigenvalue weighted by molar-refractivity contribution is 0.0730. The fraction of sp³-hybridized carbons (Fsp3) is 0.250. The summed E-state index contributed by atoms with van der Waals surface area (Å²) in [5.41, 5.74) is 1.06. The number of carbonyl (C=O) groups is 1. The normalized spacial score (nSPS) is 17.8. The van der Waals surface area contributed by atoms with Crippen LogP contribution in [0.15, 0.2) is 36.4 Å². The summed E-state index contributed by atoms with van der Waals surface area (Å²) >= 11 is 11.9. The highest BCUT2D eigenvalue weighted by atomic mass is 35.5. The first-order valence-electron chi connectivity index (χ1n) is 6.95. The number of hydrogen-bond acceptors (Lipinski definition) is 2. The minimum Gasteiger partial charge on any atom is -0.330 e. The highest BCUT2D eigenvalue weighted by molar-refractivity contribution is 6.34. The molecule has 3 nitrogen and oxygen atoms in total. The summed E-state index contributed by atoms with van der Waals surface area (Å²) in [5, 5.41) is 0.504. The summed E-state index contributed by atoms with van der Waals surface area (Å²) in [7, 11) is 0. The molecule has 0 saturated carbocycles. The van der Waals surface area contributed by atoms with Crippen LogP contribution in [-0.2, 0) is 0 Å². The monoisotopic (exact) mass is 338 g/mol. The predicted octanol–water partition coefficient (Wildman–Crippen LogP) is 4.50. The van der Waals surface area contributed by atoms with E-state index in [1.807, 2.05) is 0 Å². The zero-order valence-electron chi connectivity index (χ0n) is 11.6. The molecule has 1 atom stereocenters. The second-order valence-electron chi connectivity index (χ2n) is 5.17. The van der Waals surface area contributed by atoms with Crippen molar-refractivity contribution in [2.24, 2.45) is 0 Å². The molecule has 1 unspecified atom stereocenters. The zero-order valence-corrected chi connectivity index (χ0v) is 13.1. The van der Waals surface area contributed by atoms with Gasteiger partial charge in [0.2, 0.25) is 0 Å². The number of amides is 1. The Labute approximate surface area is 137 Å². The van der Waals surface area contributed by atoms with Crippen LogP contribution in [0, 0.1) is 5.82 Å². The maximum atomic E-state index is 13.1. The Hall–Kier alpha value is -1.65. The van der Waals surface area contributed by atoms with E-state index in [1.54, 1.807) is 29.2 Å². The van der Waals surface area contributed by atoms with E-state index >= 15 is 0 Å². The van der Waals surface area contributed by atoms with Gasteiger partial charge in [-0.25, -0.2) is 9.37 Å². The number of aromatic nitrogens is 1. The fourth-order valence-electron chi connectivity index (χ4n) is 2.75. The van der Waals surface area contributed by atoms with Crippen molar-refractivity contribution in [2.75, 3.05) is 6.54 Å². The van der Waals surface area contributed by atoms with Gasteiger partial charge in [-0.2, -0.15) is 0 Å². The van der Waals surface area contributed by atoms with E-state index in [1.165, 1.54) is 12.1 Å². The van der Waals surface area contributed by atoms with Crippen molar-refractivity contribution in [3.05, 3.63) is 63.6 Å². The molecule has 114 valence electrons. The first kappa shape index (κ1) is 15.3. The number of carbonyl (C=O) groups excluding carboxylic acids is 1. The number of hydrogen-bond donors (Lipinski definition) is 0. The van der Waals surface area contributed by atoms with E-state index in [-0.39, 0.29) is 33.6 Å². The van der Waals surface area contributed by atoms with Gasteiger partial charge < -0.3 is 4.90 Å². The van der Waals surface area contributed by atoms with Gasteiger partial charge in [-0.15, -0.1) is 0 Å². The van der Waals surface area contributed by atoms with Gasteiger partial charge in [0, 0.05) is 6.54 Å². The van der Waals surface area contributed by atoms with Crippen molar-refractivity contribution < 1.29 is 9.18 Å². The highest BCUT2D eigenvalue weighted by Gasteiger charge is 2.32. The van der Waals surface area contributed by atoms with Crippen LogP contribution in [-0.4, -0.2) is 22.3 Å². The molecular weight excluding hydrogens is 326 g/mol. The maximum absolute atomic E-state index is 13.1. The Morgan fingerprint density at radius 3 is 2.64 bits per heavy atom. The second kappa shape index (κ2) is 6.23. The second-order valence-corrected chi connectivity index (χ2v) is 5.97. The van der Waals surface area contributed by atoms with Gasteiger partial charge in [0.25, 0.3) is 5.91 Å². The van der Waals surface area contributed by atoms with Crippen molar-refractivity contribution in [1.82, 2.24) is 9.88 Å². The molecule has 2 aromatic rings. The molecule has 2 heterocycles. The molecule has 3 rings (SSSR count). The van der Waals surface area contributed by atoms with E-state index in [4.69, 9.17) is 23.2 Å². The van der Waals surface area contributed by atoms with Crippen molar-refractivity contribution in [3.8, 4) is 0 Å². The van der Waals surface area contributed by atoms with E-state index in [2.05, 4.69) is 4.98 Å². The minimum atomic E-state index is -0.292. The van der Waals surface area contributed by atoms with Gasteiger partial charge in [-0.3, -0.25) is 4.79 Å². The molecule has 1 fully saturated rings. The van der Waals surface area contributed by atoms with E-state index < -0.39 is 0 Å². The molecule has 1 aliphatic rings. The largest absolute Gasteiger partial charge is 0.330 e. The third kappa shape index (κ3) is 2.94. The van der Waals surface area contributed by atoms with Gasteiger partial charge in [-0.05, 0) is 42.7 Å². The number of benzene rings is 1. The average Bonchev–Trinajstić information content (AvgIpc) is 2.99. The Kier molecular flexibility index (Phi) is 4.32. The standard InChI is InChI=1S/C16H13Cl2FN2O/c17-12-7-8-14(18)20-15(12)16(22)21-9-1-2-13(21)10-3-5-11(19)6-4-10/h3-8,13H,1-2,9H2. The molecular formula is C16H13Cl2FN2O. The lowest BCUT2D eigenvalue weighted by Gasteiger charge is -2.25. The molecule has 1 aromatic heterocycles. The number of rotatable bonds is 2. The lowest BCUT2D eigenvalue weighted by Crippen LogP contribution is -2.31. The van der Waals surface area contributed by atoms with Gasteiger partial charge >= 0.3 is 0 Å². The topological polar surface area (TPSA) is 33.2 Å². The number of likely N-dealkylation sites (tertiary alicyclic amines) is 1. The summed E-state index contributed by atoms with van der Waals surface area (Å²) < 4.78 is 13.1. The summed E-state index contributed by atoms with van der Waals surface area (Å²) in [4.78, 5) is 18.5. The lowest BCUT2D eigenvalue weighted by atomic mass is 10.0. The molecule has 1 saturated heterocycles. The van der Waals surface area contributed by atoms with Crippen molar-refractivity contribution >= 4 is 29.1 Å². The van der Waals surface area contributed by atoms with Crippen LogP contribution < -0.4 is 0 Å². The van der Waals surface area contributed by atoms with E-state index in [0.29, 0.717) is 6.54 Å². The van der Waals surface area contributed by atoms with Crippen LogP contribution in [0.4, 0.5) is 4.39 Å². The molecule has 0 radical (unpaired) electrons.